The molecular weight excluding hydrogens is 238 g/mol. The summed E-state index contributed by atoms with van der Waals surface area (Å²) >= 11 is 0. The van der Waals surface area contributed by atoms with Crippen LogP contribution in [0.3, 0.4) is 0 Å². The van der Waals surface area contributed by atoms with E-state index in [1.165, 1.54) is 0 Å². The van der Waals surface area contributed by atoms with Gasteiger partial charge in [0.1, 0.15) is 0 Å². The van der Waals surface area contributed by atoms with Crippen LogP contribution >= 0.6 is 0 Å². The van der Waals surface area contributed by atoms with Gasteiger partial charge >= 0.3 is 0 Å². The van der Waals surface area contributed by atoms with Gasteiger partial charge in [0.05, 0.1) is 6.04 Å². The van der Waals surface area contributed by atoms with Crippen LogP contribution in [0.1, 0.15) is 13.8 Å². The average Bonchev–Trinajstić information content (AvgIpc) is 2.47. The molecule has 19 heavy (non-hydrogen) atoms. The highest BCUT2D eigenvalue weighted by molar-refractivity contribution is 5.94. The lowest BCUT2D eigenvalue weighted by Gasteiger charge is -2.36. The first-order chi connectivity index (χ1) is 9.20. The number of nitrogens with one attached hydrogen (secondary N) is 1. The number of benzene rings is 1. The van der Waals surface area contributed by atoms with Crippen molar-refractivity contribution in [2.75, 3.05) is 38.0 Å². The molecule has 1 aliphatic rings. The Balaban J connectivity index is 1.86. The summed E-state index contributed by atoms with van der Waals surface area (Å²) in [5, 5.41) is 2.97. The monoisotopic (exact) mass is 261 g/mol. The van der Waals surface area contributed by atoms with Gasteiger partial charge in [-0.25, -0.2) is 0 Å². The molecule has 0 spiro atoms. The van der Waals surface area contributed by atoms with Gasteiger partial charge in [-0.1, -0.05) is 25.1 Å². The molecule has 1 atom stereocenters. The van der Waals surface area contributed by atoms with E-state index in [-0.39, 0.29) is 11.9 Å². The molecule has 4 heteroatoms. The zero-order valence-corrected chi connectivity index (χ0v) is 11.8. The molecule has 1 N–H and O–H groups in total. The Morgan fingerprint density at radius 2 is 1.84 bits per heavy atom. The van der Waals surface area contributed by atoms with Crippen LogP contribution in [0.5, 0.6) is 0 Å². The molecule has 0 aliphatic carbocycles. The van der Waals surface area contributed by atoms with E-state index in [1.807, 2.05) is 37.3 Å². The average molecular weight is 261 g/mol. The van der Waals surface area contributed by atoms with Gasteiger partial charge in [-0.05, 0) is 25.6 Å². The maximum atomic E-state index is 12.2. The van der Waals surface area contributed by atoms with Crippen molar-refractivity contribution in [2.24, 2.45) is 0 Å². The molecule has 1 aromatic rings. The number of para-hydroxylation sites is 1. The highest BCUT2D eigenvalue weighted by atomic mass is 16.2. The van der Waals surface area contributed by atoms with Gasteiger partial charge in [-0.2, -0.15) is 0 Å². The first-order valence-corrected chi connectivity index (χ1v) is 7.03. The number of piperazine rings is 1. The molecule has 0 saturated carbocycles. The van der Waals surface area contributed by atoms with Crippen molar-refractivity contribution in [3.05, 3.63) is 30.3 Å². The SMILES string of the molecule is CCN1CCN(C(C)C(=O)Nc2ccccc2)CC1. The van der Waals surface area contributed by atoms with Gasteiger partial charge in [-0.15, -0.1) is 0 Å². The quantitative estimate of drug-likeness (QED) is 0.895. The van der Waals surface area contributed by atoms with Crippen LogP contribution in [0.25, 0.3) is 0 Å². The smallest absolute Gasteiger partial charge is 0.241 e. The van der Waals surface area contributed by atoms with Crippen molar-refractivity contribution in [3.8, 4) is 0 Å². The standard InChI is InChI=1S/C15H23N3O/c1-3-17-9-11-18(12-10-17)13(2)15(19)16-14-7-5-4-6-8-14/h4-8,13H,3,9-12H2,1-2H3,(H,16,19). The number of hydrogen-bond acceptors (Lipinski definition) is 3. The Morgan fingerprint density at radius 1 is 1.21 bits per heavy atom. The minimum Gasteiger partial charge on any atom is -0.325 e. The van der Waals surface area contributed by atoms with E-state index in [0.717, 1.165) is 38.4 Å². The second-order valence-electron chi connectivity index (χ2n) is 5.00. The molecular formula is C15H23N3O. The molecule has 1 unspecified atom stereocenters. The van der Waals surface area contributed by atoms with Crippen LogP contribution in [0.4, 0.5) is 5.69 Å². The third-order valence-electron chi connectivity index (χ3n) is 3.82. The van der Waals surface area contributed by atoms with Crippen molar-refractivity contribution in [2.45, 2.75) is 19.9 Å². The van der Waals surface area contributed by atoms with Crippen LogP contribution < -0.4 is 5.32 Å². The van der Waals surface area contributed by atoms with Gasteiger partial charge in [0.15, 0.2) is 0 Å². The second-order valence-corrected chi connectivity index (χ2v) is 5.00. The van der Waals surface area contributed by atoms with Crippen LogP contribution in [0.2, 0.25) is 0 Å². The number of rotatable bonds is 4. The molecule has 0 bridgehead atoms. The maximum absolute atomic E-state index is 12.2. The third kappa shape index (κ3) is 3.78. The minimum atomic E-state index is -0.0702. The van der Waals surface area contributed by atoms with E-state index >= 15 is 0 Å². The molecule has 104 valence electrons. The molecule has 1 amide bonds. The minimum absolute atomic E-state index is 0.0702. The highest BCUT2D eigenvalue weighted by Crippen LogP contribution is 2.10. The normalized spacial score (nSPS) is 19.1. The number of hydrogen-bond donors (Lipinski definition) is 1. The second kappa shape index (κ2) is 6.68. The Hall–Kier alpha value is -1.39. The van der Waals surface area contributed by atoms with Crippen LogP contribution in [0, 0.1) is 0 Å². The van der Waals surface area contributed by atoms with Crippen molar-refractivity contribution in [1.29, 1.82) is 0 Å². The Bertz CT molecular complexity index is 399. The van der Waals surface area contributed by atoms with Crippen molar-refractivity contribution in [3.63, 3.8) is 0 Å². The lowest BCUT2D eigenvalue weighted by Crippen LogP contribution is -2.52. The third-order valence-corrected chi connectivity index (χ3v) is 3.82. The molecule has 1 fully saturated rings. The first kappa shape index (κ1) is 14.0. The summed E-state index contributed by atoms with van der Waals surface area (Å²) in [6.45, 7) is 9.31. The summed E-state index contributed by atoms with van der Waals surface area (Å²) in [4.78, 5) is 16.9. The Morgan fingerprint density at radius 3 is 2.42 bits per heavy atom. The predicted molar refractivity (Wildman–Crippen MR) is 78.2 cm³/mol. The van der Waals surface area contributed by atoms with Gasteiger partial charge in [0.25, 0.3) is 0 Å². The van der Waals surface area contributed by atoms with Crippen molar-refractivity contribution < 1.29 is 4.79 Å². The number of amides is 1. The van der Waals surface area contributed by atoms with E-state index in [4.69, 9.17) is 0 Å². The molecule has 2 rings (SSSR count). The van der Waals surface area contributed by atoms with E-state index in [0.29, 0.717) is 0 Å². The fourth-order valence-corrected chi connectivity index (χ4v) is 2.40. The molecule has 4 nitrogen and oxygen atoms in total. The molecule has 1 aliphatic heterocycles. The van der Waals surface area contributed by atoms with Crippen molar-refractivity contribution in [1.82, 2.24) is 9.80 Å². The van der Waals surface area contributed by atoms with Crippen LogP contribution in [-0.2, 0) is 4.79 Å². The summed E-state index contributed by atoms with van der Waals surface area (Å²) < 4.78 is 0. The Labute approximate surface area is 115 Å². The van der Waals surface area contributed by atoms with Gasteiger partial charge < -0.3 is 10.2 Å². The van der Waals surface area contributed by atoms with Gasteiger partial charge in [0.2, 0.25) is 5.91 Å². The fourth-order valence-electron chi connectivity index (χ4n) is 2.40. The van der Waals surface area contributed by atoms with Gasteiger partial charge in [0, 0.05) is 31.9 Å². The van der Waals surface area contributed by atoms with E-state index in [1.54, 1.807) is 0 Å². The number of carbonyl (C=O) groups is 1. The number of carbonyl (C=O) groups excluding carboxylic acids is 1. The van der Waals surface area contributed by atoms with E-state index in [9.17, 15) is 4.79 Å². The summed E-state index contributed by atoms with van der Waals surface area (Å²) in [5.74, 6) is 0.0798. The zero-order chi connectivity index (χ0) is 13.7. The summed E-state index contributed by atoms with van der Waals surface area (Å²) in [7, 11) is 0. The maximum Gasteiger partial charge on any atom is 0.241 e. The summed E-state index contributed by atoms with van der Waals surface area (Å²) in [6, 6.07) is 9.57. The first-order valence-electron chi connectivity index (χ1n) is 7.03. The largest absolute Gasteiger partial charge is 0.325 e. The van der Waals surface area contributed by atoms with E-state index < -0.39 is 0 Å². The molecule has 1 saturated heterocycles. The van der Waals surface area contributed by atoms with E-state index in [2.05, 4.69) is 22.0 Å². The lowest BCUT2D eigenvalue weighted by atomic mass is 10.2. The molecule has 1 heterocycles. The fraction of sp³-hybridized carbons (Fsp3) is 0.533. The van der Waals surface area contributed by atoms with Crippen LogP contribution in [0.15, 0.2) is 30.3 Å². The number of likely N-dealkylation sites (N-methyl/N-ethyl adjacent to an activating group) is 1. The highest BCUT2D eigenvalue weighted by Gasteiger charge is 2.24. The molecule has 0 aromatic heterocycles. The summed E-state index contributed by atoms with van der Waals surface area (Å²) in [6.07, 6.45) is 0. The molecule has 1 aromatic carbocycles. The topological polar surface area (TPSA) is 35.6 Å². The number of nitrogens with zero attached hydrogens (tertiary/aromatic N) is 2. The summed E-state index contributed by atoms with van der Waals surface area (Å²) in [5.41, 5.74) is 0.867. The lowest BCUT2D eigenvalue weighted by molar-refractivity contribution is -0.121. The van der Waals surface area contributed by atoms with Crippen LogP contribution in [-0.4, -0.2) is 54.5 Å². The zero-order valence-electron chi connectivity index (χ0n) is 11.8. The Kier molecular flexibility index (Phi) is 4.93. The number of anilines is 1. The van der Waals surface area contributed by atoms with Gasteiger partial charge in [-0.3, -0.25) is 9.69 Å². The molecule has 0 radical (unpaired) electrons. The predicted octanol–water partition coefficient (Wildman–Crippen LogP) is 1.65. The van der Waals surface area contributed by atoms with Crippen molar-refractivity contribution >= 4 is 11.6 Å².